The maximum Gasteiger partial charge on any atom is 0.161 e. The molecule has 1 atom stereocenters. The van der Waals surface area contributed by atoms with Crippen molar-refractivity contribution in [3.8, 4) is 0 Å². The lowest BCUT2D eigenvalue weighted by molar-refractivity contribution is 0.870. The zero-order chi connectivity index (χ0) is 20.6. The van der Waals surface area contributed by atoms with Crippen molar-refractivity contribution in [2.45, 2.75) is 39.7 Å². The second kappa shape index (κ2) is 7.31. The summed E-state index contributed by atoms with van der Waals surface area (Å²) in [4.78, 5) is 0. The number of hydrogen-bond donors (Lipinski definition) is 0. The van der Waals surface area contributed by atoms with Gasteiger partial charge in [-0.25, -0.2) is 0 Å². The van der Waals surface area contributed by atoms with Crippen molar-refractivity contribution >= 4 is 23.6 Å². The molecular weight excluding hydrogens is 364 g/mol. The minimum absolute atomic E-state index is 0.0301. The number of aryl methyl sites for hydroxylation is 1. The Kier molecular flexibility index (Phi) is 4.96. The lowest BCUT2D eigenvalue weighted by Crippen LogP contribution is -2.73. The van der Waals surface area contributed by atoms with Crippen molar-refractivity contribution in [2.75, 3.05) is 0 Å². The van der Waals surface area contributed by atoms with Gasteiger partial charge < -0.3 is 0 Å². The summed E-state index contributed by atoms with van der Waals surface area (Å²) in [6, 6.07) is 31.8. The van der Waals surface area contributed by atoms with Crippen molar-refractivity contribution in [3.63, 3.8) is 0 Å². The molecule has 0 aliphatic heterocycles. The van der Waals surface area contributed by atoms with Crippen molar-refractivity contribution in [1.29, 1.82) is 0 Å². The van der Waals surface area contributed by atoms with E-state index in [-0.39, 0.29) is 5.04 Å². The zero-order valence-electron chi connectivity index (χ0n) is 18.2. The van der Waals surface area contributed by atoms with Gasteiger partial charge >= 0.3 is 0 Å². The molecule has 1 heteroatoms. The van der Waals surface area contributed by atoms with Crippen LogP contribution in [-0.2, 0) is 0 Å². The SMILES string of the molecule is CC1=CC(C)([Si](c2ccccc2)(c2ccccc2)c2cccc(C)c2)C(C)=C1C. The van der Waals surface area contributed by atoms with Crippen LogP contribution in [0.25, 0.3) is 0 Å². The highest BCUT2D eigenvalue weighted by Crippen LogP contribution is 2.52. The maximum absolute atomic E-state index is 2.56. The maximum atomic E-state index is 2.56. The Labute approximate surface area is 176 Å². The third-order valence-electron chi connectivity index (χ3n) is 7.08. The third kappa shape index (κ3) is 2.88. The molecule has 29 heavy (non-hydrogen) atoms. The van der Waals surface area contributed by atoms with Gasteiger partial charge in [-0.1, -0.05) is 115 Å². The van der Waals surface area contributed by atoms with E-state index in [4.69, 9.17) is 0 Å². The second-order valence-corrected chi connectivity index (χ2v) is 12.9. The van der Waals surface area contributed by atoms with Gasteiger partial charge in [0, 0.05) is 5.04 Å². The molecule has 0 N–H and O–H groups in total. The van der Waals surface area contributed by atoms with Crippen molar-refractivity contribution in [3.05, 3.63) is 113 Å². The van der Waals surface area contributed by atoms with E-state index in [9.17, 15) is 0 Å². The number of benzene rings is 3. The van der Waals surface area contributed by atoms with E-state index in [1.807, 2.05) is 0 Å². The van der Waals surface area contributed by atoms with E-state index >= 15 is 0 Å². The molecule has 0 saturated heterocycles. The van der Waals surface area contributed by atoms with Crippen LogP contribution in [0.15, 0.2) is 108 Å². The van der Waals surface area contributed by atoms with Crippen LogP contribution < -0.4 is 15.6 Å². The predicted octanol–water partition coefficient (Wildman–Crippen LogP) is 5.52. The fraction of sp³-hybridized carbons (Fsp3) is 0.214. The molecule has 0 spiro atoms. The highest BCUT2D eigenvalue weighted by molar-refractivity contribution is 7.14. The van der Waals surface area contributed by atoms with E-state index in [2.05, 4.69) is 126 Å². The highest BCUT2D eigenvalue weighted by atomic mass is 28.3. The van der Waals surface area contributed by atoms with Gasteiger partial charge in [0.2, 0.25) is 0 Å². The van der Waals surface area contributed by atoms with E-state index in [0.717, 1.165) is 0 Å². The molecule has 1 aliphatic carbocycles. The van der Waals surface area contributed by atoms with Gasteiger partial charge in [-0.2, -0.15) is 0 Å². The minimum atomic E-state index is -2.43. The summed E-state index contributed by atoms with van der Waals surface area (Å²) in [5.74, 6) is 0. The van der Waals surface area contributed by atoms with Crippen LogP contribution in [0.2, 0.25) is 5.04 Å². The molecule has 0 heterocycles. The Balaban J connectivity index is 2.20. The van der Waals surface area contributed by atoms with Crippen LogP contribution in [0.1, 0.15) is 33.3 Å². The van der Waals surface area contributed by atoms with E-state index in [0.29, 0.717) is 0 Å². The van der Waals surface area contributed by atoms with Gasteiger partial charge in [0.1, 0.15) is 0 Å². The molecular formula is C28H30Si. The molecule has 0 fully saturated rings. The molecule has 0 amide bonds. The van der Waals surface area contributed by atoms with Crippen LogP contribution in [0.3, 0.4) is 0 Å². The monoisotopic (exact) mass is 394 g/mol. The minimum Gasteiger partial charge on any atom is -0.0730 e. The Hall–Kier alpha value is -2.64. The van der Waals surface area contributed by atoms with Gasteiger partial charge in [0.15, 0.2) is 8.07 Å². The molecule has 1 aliphatic rings. The lowest BCUT2D eigenvalue weighted by atomic mass is 10.0. The number of rotatable bonds is 4. The van der Waals surface area contributed by atoms with Gasteiger partial charge in [-0.15, -0.1) is 0 Å². The van der Waals surface area contributed by atoms with Gasteiger partial charge in [0.05, 0.1) is 0 Å². The van der Waals surface area contributed by atoms with Gasteiger partial charge in [0.25, 0.3) is 0 Å². The van der Waals surface area contributed by atoms with E-state index < -0.39 is 8.07 Å². The Bertz CT molecular complexity index is 1050. The number of hydrogen-bond acceptors (Lipinski definition) is 0. The van der Waals surface area contributed by atoms with Crippen LogP contribution in [0.4, 0.5) is 0 Å². The molecule has 0 nitrogen and oxygen atoms in total. The summed E-state index contributed by atoms with van der Waals surface area (Å²) in [6.45, 7) is 11.6. The normalized spacial score (nSPS) is 19.4. The average molecular weight is 395 g/mol. The predicted molar refractivity (Wildman–Crippen MR) is 129 cm³/mol. The molecule has 1 unspecified atom stereocenters. The molecule has 0 aromatic heterocycles. The quantitative estimate of drug-likeness (QED) is 0.404. The van der Waals surface area contributed by atoms with E-state index in [1.54, 1.807) is 0 Å². The van der Waals surface area contributed by atoms with Crippen molar-refractivity contribution in [2.24, 2.45) is 0 Å². The van der Waals surface area contributed by atoms with Crippen LogP contribution in [0.5, 0.6) is 0 Å². The molecule has 4 rings (SSSR count). The Morgan fingerprint density at radius 3 is 1.59 bits per heavy atom. The fourth-order valence-electron chi connectivity index (χ4n) is 5.38. The largest absolute Gasteiger partial charge is 0.161 e. The first-order valence-corrected chi connectivity index (χ1v) is 12.5. The Morgan fingerprint density at radius 2 is 1.14 bits per heavy atom. The van der Waals surface area contributed by atoms with Gasteiger partial charge in [-0.3, -0.25) is 0 Å². The van der Waals surface area contributed by atoms with Crippen LogP contribution in [-0.4, -0.2) is 8.07 Å². The molecule has 3 aromatic rings. The van der Waals surface area contributed by atoms with Gasteiger partial charge in [-0.05, 0) is 48.8 Å². The summed E-state index contributed by atoms with van der Waals surface area (Å²) in [5, 5.41) is 4.39. The smallest absolute Gasteiger partial charge is 0.0730 e. The number of allylic oxidation sites excluding steroid dienone is 4. The van der Waals surface area contributed by atoms with E-state index in [1.165, 1.54) is 37.8 Å². The van der Waals surface area contributed by atoms with Crippen LogP contribution in [0, 0.1) is 6.92 Å². The molecule has 3 aromatic carbocycles. The summed E-state index contributed by atoms with van der Waals surface area (Å²) in [7, 11) is -2.43. The lowest BCUT2D eigenvalue weighted by Gasteiger charge is -2.47. The van der Waals surface area contributed by atoms with Crippen LogP contribution >= 0.6 is 0 Å². The molecule has 0 bridgehead atoms. The third-order valence-corrected chi connectivity index (χ3v) is 12.7. The molecule has 0 radical (unpaired) electrons. The summed E-state index contributed by atoms with van der Waals surface area (Å²) < 4.78 is 0. The first-order valence-electron chi connectivity index (χ1n) is 10.5. The summed E-state index contributed by atoms with van der Waals surface area (Å²) in [5.41, 5.74) is 5.70. The summed E-state index contributed by atoms with van der Waals surface area (Å²) >= 11 is 0. The standard InChI is InChI=1S/C28H30Si/c1-21-13-12-18-27(19-21)29(25-14-8-6-9-15-25,26-16-10-7-11-17-26)28(5)20-22(2)23(3)24(28)4/h6-20H,1-5H3. The fourth-order valence-corrected chi connectivity index (χ4v) is 11.5. The topological polar surface area (TPSA) is 0 Å². The molecule has 0 saturated carbocycles. The van der Waals surface area contributed by atoms with Crippen molar-refractivity contribution in [1.82, 2.24) is 0 Å². The Morgan fingerprint density at radius 1 is 0.621 bits per heavy atom. The highest BCUT2D eigenvalue weighted by Gasteiger charge is 2.55. The molecule has 146 valence electrons. The second-order valence-electron chi connectivity index (χ2n) is 8.63. The first kappa shape index (κ1) is 19.7. The van der Waals surface area contributed by atoms with Crippen molar-refractivity contribution < 1.29 is 0 Å². The average Bonchev–Trinajstić information content (AvgIpc) is 2.94. The summed E-state index contributed by atoms with van der Waals surface area (Å²) in [6.07, 6.45) is 2.56. The first-order chi connectivity index (χ1) is 13.9. The zero-order valence-corrected chi connectivity index (χ0v) is 19.2.